The van der Waals surface area contributed by atoms with Gasteiger partial charge in [-0.3, -0.25) is 0 Å². The molecule has 0 aliphatic heterocycles. The summed E-state index contributed by atoms with van der Waals surface area (Å²) in [6.07, 6.45) is 4.43. The van der Waals surface area contributed by atoms with E-state index in [1.807, 2.05) is 6.07 Å². The van der Waals surface area contributed by atoms with Crippen LogP contribution in [0.1, 0.15) is 11.1 Å². The number of hydrogen-bond donors (Lipinski definition) is 0. The number of esters is 1. The highest BCUT2D eigenvalue weighted by Crippen LogP contribution is 2.24. The fourth-order valence-electron chi connectivity index (χ4n) is 1.20. The van der Waals surface area contributed by atoms with Gasteiger partial charge in [0.15, 0.2) is 0 Å². The molecule has 76 valence electrons. The Morgan fingerprint density at radius 3 is 2.47 bits per heavy atom. The SMILES string of the molecule is C=CC(=O)Oc1cccc(C=C)c1C=C. The molecule has 0 unspecified atom stereocenters. The van der Waals surface area contributed by atoms with Crippen LogP contribution in [0.25, 0.3) is 12.2 Å². The maximum absolute atomic E-state index is 11.0. The van der Waals surface area contributed by atoms with Gasteiger partial charge in [0.2, 0.25) is 0 Å². The first kappa shape index (κ1) is 11.0. The zero-order valence-electron chi connectivity index (χ0n) is 8.40. The van der Waals surface area contributed by atoms with Crippen LogP contribution in [0.5, 0.6) is 5.75 Å². The Hall–Kier alpha value is -2.09. The summed E-state index contributed by atoms with van der Waals surface area (Å²) >= 11 is 0. The average molecular weight is 200 g/mol. The predicted octanol–water partition coefficient (Wildman–Crippen LogP) is 3.06. The van der Waals surface area contributed by atoms with Gasteiger partial charge in [0.25, 0.3) is 0 Å². The lowest BCUT2D eigenvalue weighted by molar-refractivity contribution is -0.128. The van der Waals surface area contributed by atoms with E-state index >= 15 is 0 Å². The van der Waals surface area contributed by atoms with Gasteiger partial charge in [-0.1, -0.05) is 44.0 Å². The summed E-state index contributed by atoms with van der Waals surface area (Å²) < 4.78 is 5.05. The number of carbonyl (C=O) groups excluding carboxylic acids is 1. The molecule has 1 aromatic rings. The molecule has 0 saturated carbocycles. The van der Waals surface area contributed by atoms with E-state index in [2.05, 4.69) is 19.7 Å². The Kier molecular flexibility index (Phi) is 3.63. The second-order valence-corrected chi connectivity index (χ2v) is 2.79. The Morgan fingerprint density at radius 1 is 1.20 bits per heavy atom. The van der Waals surface area contributed by atoms with Crippen molar-refractivity contribution in [2.45, 2.75) is 0 Å². The van der Waals surface area contributed by atoms with Crippen molar-refractivity contribution in [3.8, 4) is 5.75 Å². The summed E-state index contributed by atoms with van der Waals surface area (Å²) in [7, 11) is 0. The van der Waals surface area contributed by atoms with Gasteiger partial charge in [0, 0.05) is 11.6 Å². The summed E-state index contributed by atoms with van der Waals surface area (Å²) in [5.74, 6) is -0.0217. The fourth-order valence-corrected chi connectivity index (χ4v) is 1.20. The van der Waals surface area contributed by atoms with Gasteiger partial charge in [-0.05, 0) is 11.6 Å². The van der Waals surface area contributed by atoms with Crippen LogP contribution in [-0.2, 0) is 4.79 Å². The van der Waals surface area contributed by atoms with E-state index in [4.69, 9.17) is 4.74 Å². The molecule has 0 spiro atoms. The second-order valence-electron chi connectivity index (χ2n) is 2.79. The van der Waals surface area contributed by atoms with E-state index in [1.165, 1.54) is 0 Å². The van der Waals surface area contributed by atoms with Crippen LogP contribution in [0.3, 0.4) is 0 Å². The van der Waals surface area contributed by atoms with Crippen LogP contribution < -0.4 is 4.74 Å². The van der Waals surface area contributed by atoms with E-state index in [0.29, 0.717) is 5.75 Å². The molecule has 0 aliphatic carbocycles. The Labute approximate surface area is 89.2 Å². The van der Waals surface area contributed by atoms with Gasteiger partial charge in [-0.15, -0.1) is 0 Å². The maximum atomic E-state index is 11.0. The highest BCUT2D eigenvalue weighted by atomic mass is 16.5. The molecule has 1 rings (SSSR count). The Bertz CT molecular complexity index is 417. The Morgan fingerprint density at radius 2 is 1.93 bits per heavy atom. The smallest absolute Gasteiger partial charge is 0.335 e. The highest BCUT2D eigenvalue weighted by Gasteiger charge is 2.06. The standard InChI is InChI=1S/C13H12O2/c1-4-10-8-7-9-12(11(10)5-2)15-13(14)6-3/h4-9H,1-3H2. The molecule has 0 bridgehead atoms. The van der Waals surface area contributed by atoms with Gasteiger partial charge in [0.05, 0.1) is 0 Å². The van der Waals surface area contributed by atoms with Gasteiger partial charge in [0.1, 0.15) is 5.75 Å². The molecule has 2 nitrogen and oxygen atoms in total. The molecule has 2 heteroatoms. The molecular weight excluding hydrogens is 188 g/mol. The number of ether oxygens (including phenoxy) is 1. The van der Waals surface area contributed by atoms with Crippen molar-refractivity contribution in [2.75, 3.05) is 0 Å². The zero-order chi connectivity index (χ0) is 11.3. The lowest BCUT2D eigenvalue weighted by Crippen LogP contribution is -2.04. The maximum Gasteiger partial charge on any atom is 0.335 e. The fraction of sp³-hybridized carbons (Fsp3) is 0. The lowest BCUT2D eigenvalue weighted by Gasteiger charge is -2.07. The van der Waals surface area contributed by atoms with Crippen LogP contribution in [0.15, 0.2) is 44.0 Å². The second kappa shape index (κ2) is 4.96. The number of benzene rings is 1. The minimum absolute atomic E-state index is 0.465. The molecule has 0 amide bonds. The number of hydrogen-bond acceptors (Lipinski definition) is 2. The van der Waals surface area contributed by atoms with Crippen molar-refractivity contribution in [2.24, 2.45) is 0 Å². The number of rotatable bonds is 4. The highest BCUT2D eigenvalue weighted by molar-refractivity contribution is 5.84. The zero-order valence-corrected chi connectivity index (χ0v) is 8.40. The minimum atomic E-state index is -0.487. The molecule has 0 aliphatic rings. The van der Waals surface area contributed by atoms with Crippen LogP contribution in [0, 0.1) is 0 Å². The third-order valence-corrected chi connectivity index (χ3v) is 1.90. The molecule has 0 radical (unpaired) electrons. The summed E-state index contributed by atoms with van der Waals surface area (Å²) in [5, 5.41) is 0. The van der Waals surface area contributed by atoms with Gasteiger partial charge in [-0.25, -0.2) is 4.79 Å². The van der Waals surface area contributed by atoms with Crippen molar-refractivity contribution in [1.82, 2.24) is 0 Å². The molecular formula is C13H12O2. The van der Waals surface area contributed by atoms with E-state index in [0.717, 1.165) is 17.2 Å². The summed E-state index contributed by atoms with van der Waals surface area (Å²) in [6.45, 7) is 10.7. The monoisotopic (exact) mass is 200 g/mol. The largest absolute Gasteiger partial charge is 0.423 e. The predicted molar refractivity (Wildman–Crippen MR) is 62.5 cm³/mol. The van der Waals surface area contributed by atoms with E-state index in [9.17, 15) is 4.79 Å². The third kappa shape index (κ3) is 2.44. The van der Waals surface area contributed by atoms with Crippen molar-refractivity contribution >= 4 is 18.1 Å². The summed E-state index contributed by atoms with van der Waals surface area (Å²) in [6, 6.07) is 5.36. The van der Waals surface area contributed by atoms with Gasteiger partial charge in [-0.2, -0.15) is 0 Å². The first-order chi connectivity index (χ1) is 7.22. The van der Waals surface area contributed by atoms with Gasteiger partial charge >= 0.3 is 5.97 Å². The first-order valence-corrected chi connectivity index (χ1v) is 4.45. The molecule has 0 fully saturated rings. The molecule has 0 aromatic heterocycles. The molecule has 0 atom stereocenters. The minimum Gasteiger partial charge on any atom is -0.423 e. The average Bonchev–Trinajstić information content (AvgIpc) is 2.28. The normalized spacial score (nSPS) is 9.07. The third-order valence-electron chi connectivity index (χ3n) is 1.90. The quantitative estimate of drug-likeness (QED) is 0.424. The van der Waals surface area contributed by atoms with Crippen LogP contribution in [-0.4, -0.2) is 5.97 Å². The van der Waals surface area contributed by atoms with Crippen LogP contribution in [0.4, 0.5) is 0 Å². The van der Waals surface area contributed by atoms with Gasteiger partial charge < -0.3 is 4.74 Å². The van der Waals surface area contributed by atoms with E-state index in [-0.39, 0.29) is 0 Å². The van der Waals surface area contributed by atoms with E-state index in [1.54, 1.807) is 24.3 Å². The van der Waals surface area contributed by atoms with Crippen LogP contribution in [0.2, 0.25) is 0 Å². The Balaban J connectivity index is 3.16. The van der Waals surface area contributed by atoms with Crippen molar-refractivity contribution in [3.63, 3.8) is 0 Å². The van der Waals surface area contributed by atoms with Crippen LogP contribution >= 0.6 is 0 Å². The molecule has 1 aromatic carbocycles. The molecule has 15 heavy (non-hydrogen) atoms. The van der Waals surface area contributed by atoms with E-state index < -0.39 is 5.97 Å². The van der Waals surface area contributed by atoms with Crippen molar-refractivity contribution in [1.29, 1.82) is 0 Å². The van der Waals surface area contributed by atoms with Crippen molar-refractivity contribution in [3.05, 3.63) is 55.1 Å². The first-order valence-electron chi connectivity index (χ1n) is 4.45. The molecule has 0 saturated heterocycles. The molecule has 0 heterocycles. The molecule has 0 N–H and O–H groups in total. The summed E-state index contributed by atoms with van der Waals surface area (Å²) in [5.41, 5.74) is 1.63. The number of carbonyl (C=O) groups is 1. The van der Waals surface area contributed by atoms with Crippen molar-refractivity contribution < 1.29 is 9.53 Å². The summed E-state index contributed by atoms with van der Waals surface area (Å²) in [4.78, 5) is 11.0. The lowest BCUT2D eigenvalue weighted by atomic mass is 10.1. The topological polar surface area (TPSA) is 26.3 Å².